The van der Waals surface area contributed by atoms with Crippen LogP contribution in [-0.2, 0) is 4.79 Å². The Morgan fingerprint density at radius 1 is 1.35 bits per heavy atom. The Morgan fingerprint density at radius 3 is 2.75 bits per heavy atom. The van der Waals surface area contributed by atoms with Gasteiger partial charge in [-0.2, -0.15) is 0 Å². The van der Waals surface area contributed by atoms with Crippen molar-refractivity contribution in [2.75, 3.05) is 6.54 Å². The summed E-state index contributed by atoms with van der Waals surface area (Å²) < 4.78 is 5.58. The lowest BCUT2D eigenvalue weighted by atomic mass is 10.00. The van der Waals surface area contributed by atoms with E-state index in [9.17, 15) is 4.79 Å². The summed E-state index contributed by atoms with van der Waals surface area (Å²) >= 11 is 5.81. The number of ether oxygens (including phenoxy) is 1. The summed E-state index contributed by atoms with van der Waals surface area (Å²) in [5.74, 6) is 0.556. The van der Waals surface area contributed by atoms with E-state index in [2.05, 4.69) is 11.4 Å². The summed E-state index contributed by atoms with van der Waals surface area (Å²) in [5, 5.41) is 3.58. The summed E-state index contributed by atoms with van der Waals surface area (Å²) in [7, 11) is 0. The van der Waals surface area contributed by atoms with Crippen LogP contribution in [-0.4, -0.2) is 18.6 Å². The van der Waals surface area contributed by atoms with E-state index in [1.807, 2.05) is 0 Å². The third kappa shape index (κ3) is 4.57. The second-order valence-electron chi connectivity index (χ2n) is 5.04. The SMILES string of the molecule is CC(Oc1ccc(Cl)cc1)C(=O)NCC1=CCCCC1. The highest BCUT2D eigenvalue weighted by Gasteiger charge is 2.15. The third-order valence-electron chi connectivity index (χ3n) is 3.37. The van der Waals surface area contributed by atoms with E-state index >= 15 is 0 Å². The Bertz CT molecular complexity index is 482. The first-order valence-corrected chi connectivity index (χ1v) is 7.41. The Balaban J connectivity index is 1.79. The second kappa shape index (κ2) is 7.34. The zero-order valence-corrected chi connectivity index (χ0v) is 12.5. The normalized spacial score (nSPS) is 16.2. The molecule has 0 heterocycles. The number of carbonyl (C=O) groups excluding carboxylic acids is 1. The van der Waals surface area contributed by atoms with E-state index in [-0.39, 0.29) is 5.91 Å². The Labute approximate surface area is 125 Å². The number of hydrogen-bond donors (Lipinski definition) is 1. The standard InChI is InChI=1S/C16H20ClNO2/c1-12(20-15-9-7-14(17)8-10-15)16(19)18-11-13-5-3-2-4-6-13/h5,7-10,12H,2-4,6,11H2,1H3,(H,18,19). The molecule has 108 valence electrons. The van der Waals surface area contributed by atoms with E-state index < -0.39 is 6.10 Å². The van der Waals surface area contributed by atoms with Crippen molar-refractivity contribution in [2.45, 2.75) is 38.7 Å². The molecule has 0 saturated heterocycles. The first kappa shape index (κ1) is 14.9. The van der Waals surface area contributed by atoms with Crippen LogP contribution in [0.2, 0.25) is 5.02 Å². The number of rotatable bonds is 5. The molecule has 4 heteroatoms. The topological polar surface area (TPSA) is 38.3 Å². The Morgan fingerprint density at radius 2 is 2.10 bits per heavy atom. The maximum absolute atomic E-state index is 12.0. The predicted molar refractivity (Wildman–Crippen MR) is 81.1 cm³/mol. The smallest absolute Gasteiger partial charge is 0.261 e. The molecule has 20 heavy (non-hydrogen) atoms. The molecule has 0 spiro atoms. The van der Waals surface area contributed by atoms with Gasteiger partial charge in [0, 0.05) is 11.6 Å². The van der Waals surface area contributed by atoms with Gasteiger partial charge < -0.3 is 10.1 Å². The molecular formula is C16H20ClNO2. The molecule has 2 rings (SSSR count). The van der Waals surface area contributed by atoms with Gasteiger partial charge in [0.25, 0.3) is 5.91 Å². The van der Waals surface area contributed by atoms with Gasteiger partial charge in [0.15, 0.2) is 6.10 Å². The van der Waals surface area contributed by atoms with Crippen LogP contribution in [0.1, 0.15) is 32.6 Å². The summed E-state index contributed by atoms with van der Waals surface area (Å²) in [6, 6.07) is 7.01. The molecule has 1 N–H and O–H groups in total. The van der Waals surface area contributed by atoms with Gasteiger partial charge in [-0.3, -0.25) is 4.79 Å². The minimum atomic E-state index is -0.514. The lowest BCUT2D eigenvalue weighted by Gasteiger charge is -2.17. The average molecular weight is 294 g/mol. The molecule has 1 aliphatic carbocycles. The van der Waals surface area contributed by atoms with E-state index in [0.29, 0.717) is 17.3 Å². The molecule has 0 bridgehead atoms. The van der Waals surface area contributed by atoms with Crippen LogP contribution in [0.25, 0.3) is 0 Å². The first-order valence-electron chi connectivity index (χ1n) is 7.03. The summed E-state index contributed by atoms with van der Waals surface area (Å²) in [5.41, 5.74) is 1.32. The Kier molecular flexibility index (Phi) is 5.48. The summed E-state index contributed by atoms with van der Waals surface area (Å²) in [6.45, 7) is 2.38. The lowest BCUT2D eigenvalue weighted by molar-refractivity contribution is -0.127. The van der Waals surface area contributed by atoms with Gasteiger partial charge in [0.1, 0.15) is 5.75 Å². The highest BCUT2D eigenvalue weighted by atomic mass is 35.5. The maximum Gasteiger partial charge on any atom is 0.261 e. The van der Waals surface area contributed by atoms with Crippen LogP contribution in [0.3, 0.4) is 0 Å². The maximum atomic E-state index is 12.0. The zero-order valence-electron chi connectivity index (χ0n) is 11.7. The fourth-order valence-corrected chi connectivity index (χ4v) is 2.31. The van der Waals surface area contributed by atoms with Gasteiger partial charge in [-0.25, -0.2) is 0 Å². The zero-order chi connectivity index (χ0) is 14.4. The van der Waals surface area contributed by atoms with Crippen molar-refractivity contribution in [3.05, 3.63) is 40.9 Å². The molecule has 0 radical (unpaired) electrons. The average Bonchev–Trinajstić information content (AvgIpc) is 2.48. The molecule has 0 fully saturated rings. The molecule has 3 nitrogen and oxygen atoms in total. The van der Waals surface area contributed by atoms with Crippen molar-refractivity contribution in [1.29, 1.82) is 0 Å². The fourth-order valence-electron chi connectivity index (χ4n) is 2.18. The van der Waals surface area contributed by atoms with Crippen molar-refractivity contribution >= 4 is 17.5 Å². The van der Waals surface area contributed by atoms with Crippen LogP contribution in [0.15, 0.2) is 35.9 Å². The minimum absolute atomic E-state index is 0.0913. The van der Waals surface area contributed by atoms with E-state index in [1.54, 1.807) is 31.2 Å². The van der Waals surface area contributed by atoms with Crippen LogP contribution in [0.4, 0.5) is 0 Å². The molecule has 1 atom stereocenters. The second-order valence-corrected chi connectivity index (χ2v) is 5.48. The summed E-state index contributed by atoms with van der Waals surface area (Å²) in [4.78, 5) is 12.0. The van der Waals surface area contributed by atoms with Crippen molar-refractivity contribution in [3.63, 3.8) is 0 Å². The number of allylic oxidation sites excluding steroid dienone is 1. The van der Waals surface area contributed by atoms with Gasteiger partial charge in [-0.05, 0) is 56.9 Å². The van der Waals surface area contributed by atoms with Crippen molar-refractivity contribution in [2.24, 2.45) is 0 Å². The highest BCUT2D eigenvalue weighted by Crippen LogP contribution is 2.18. The highest BCUT2D eigenvalue weighted by molar-refractivity contribution is 6.30. The fraction of sp³-hybridized carbons (Fsp3) is 0.438. The van der Waals surface area contributed by atoms with Crippen LogP contribution in [0.5, 0.6) is 5.75 Å². The van der Waals surface area contributed by atoms with Gasteiger partial charge >= 0.3 is 0 Å². The van der Waals surface area contributed by atoms with Gasteiger partial charge in [0.05, 0.1) is 0 Å². The number of benzene rings is 1. The molecule has 0 aromatic heterocycles. The molecule has 1 unspecified atom stereocenters. The quantitative estimate of drug-likeness (QED) is 0.840. The molecular weight excluding hydrogens is 274 g/mol. The van der Waals surface area contributed by atoms with E-state index in [4.69, 9.17) is 16.3 Å². The Hall–Kier alpha value is -1.48. The number of halogens is 1. The molecule has 1 amide bonds. The van der Waals surface area contributed by atoms with Crippen molar-refractivity contribution in [1.82, 2.24) is 5.32 Å². The van der Waals surface area contributed by atoms with Gasteiger partial charge in [0.2, 0.25) is 0 Å². The van der Waals surface area contributed by atoms with E-state index in [0.717, 1.165) is 12.8 Å². The van der Waals surface area contributed by atoms with Crippen molar-refractivity contribution < 1.29 is 9.53 Å². The van der Waals surface area contributed by atoms with Crippen LogP contribution >= 0.6 is 11.6 Å². The van der Waals surface area contributed by atoms with Gasteiger partial charge in [-0.15, -0.1) is 0 Å². The predicted octanol–water partition coefficient (Wildman–Crippen LogP) is 3.72. The number of carbonyl (C=O) groups is 1. The largest absolute Gasteiger partial charge is 0.481 e. The number of amides is 1. The molecule has 1 aliphatic rings. The van der Waals surface area contributed by atoms with Crippen LogP contribution in [0, 0.1) is 0 Å². The van der Waals surface area contributed by atoms with Crippen molar-refractivity contribution in [3.8, 4) is 5.75 Å². The monoisotopic (exact) mass is 293 g/mol. The molecule has 0 saturated carbocycles. The molecule has 1 aromatic rings. The molecule has 1 aromatic carbocycles. The number of hydrogen-bond acceptors (Lipinski definition) is 2. The summed E-state index contributed by atoms with van der Waals surface area (Å²) in [6.07, 6.45) is 6.41. The molecule has 0 aliphatic heterocycles. The van der Waals surface area contributed by atoms with Gasteiger partial charge in [-0.1, -0.05) is 23.3 Å². The minimum Gasteiger partial charge on any atom is -0.481 e. The lowest BCUT2D eigenvalue weighted by Crippen LogP contribution is -2.37. The first-order chi connectivity index (χ1) is 9.65. The number of nitrogens with one attached hydrogen (secondary N) is 1. The van der Waals surface area contributed by atoms with Crippen LogP contribution < -0.4 is 10.1 Å². The van der Waals surface area contributed by atoms with E-state index in [1.165, 1.54) is 18.4 Å². The third-order valence-corrected chi connectivity index (χ3v) is 3.62.